The van der Waals surface area contributed by atoms with Gasteiger partial charge in [0.25, 0.3) is 11.8 Å². The van der Waals surface area contributed by atoms with Crippen molar-refractivity contribution in [2.24, 2.45) is 4.99 Å². The predicted octanol–water partition coefficient (Wildman–Crippen LogP) is 5.92. The van der Waals surface area contributed by atoms with Gasteiger partial charge >= 0.3 is 0 Å². The van der Waals surface area contributed by atoms with Gasteiger partial charge in [-0.05, 0) is 52.9 Å². The molecule has 5 rings (SSSR count). The Bertz CT molecular complexity index is 1520. The molecule has 1 atom stereocenters. The number of nitrogens with zero attached hydrogens (tertiary/aromatic N) is 4. The molecule has 1 aromatic heterocycles. The first-order chi connectivity index (χ1) is 18.5. The fraction of sp³-hybridized carbons (Fsp3) is 0.258. The summed E-state index contributed by atoms with van der Waals surface area (Å²) in [5, 5.41) is 0. The summed E-state index contributed by atoms with van der Waals surface area (Å²) in [6, 6.07) is 20.6. The number of fused-ring (bicyclic) bond motifs is 2. The molecular formula is C31H30N4O3. The van der Waals surface area contributed by atoms with E-state index in [1.807, 2.05) is 36.7 Å². The van der Waals surface area contributed by atoms with Crippen molar-refractivity contribution in [2.75, 3.05) is 25.7 Å². The summed E-state index contributed by atoms with van der Waals surface area (Å²) >= 11 is 0. The molecule has 0 bridgehead atoms. The average Bonchev–Trinajstić information content (AvgIpc) is 2.95. The minimum absolute atomic E-state index is 0.143. The van der Waals surface area contributed by atoms with Crippen molar-refractivity contribution in [3.8, 4) is 29.9 Å². The van der Waals surface area contributed by atoms with Gasteiger partial charge in [0.15, 0.2) is 0 Å². The van der Waals surface area contributed by atoms with Crippen molar-refractivity contribution in [1.82, 2.24) is 9.97 Å². The van der Waals surface area contributed by atoms with Crippen molar-refractivity contribution in [3.05, 3.63) is 82.9 Å². The maximum atomic E-state index is 5.75. The van der Waals surface area contributed by atoms with Gasteiger partial charge < -0.3 is 19.1 Å². The van der Waals surface area contributed by atoms with Gasteiger partial charge in [-0.15, -0.1) is 6.42 Å². The lowest BCUT2D eigenvalue weighted by atomic mass is 9.93. The molecule has 0 aliphatic carbocycles. The average molecular weight is 507 g/mol. The number of anilines is 1. The van der Waals surface area contributed by atoms with Crippen LogP contribution in [0.2, 0.25) is 0 Å². The summed E-state index contributed by atoms with van der Waals surface area (Å²) in [4.78, 5) is 16.2. The molecule has 0 N–H and O–H groups in total. The van der Waals surface area contributed by atoms with Crippen LogP contribution in [0.1, 0.15) is 48.1 Å². The zero-order valence-corrected chi connectivity index (χ0v) is 22.0. The summed E-state index contributed by atoms with van der Waals surface area (Å²) in [6.07, 6.45) is 7.33. The lowest BCUT2D eigenvalue weighted by Gasteiger charge is -2.31. The highest BCUT2D eigenvalue weighted by Crippen LogP contribution is 2.39. The Morgan fingerprint density at radius 3 is 2.34 bits per heavy atom. The van der Waals surface area contributed by atoms with Crippen molar-refractivity contribution in [1.29, 1.82) is 0 Å². The van der Waals surface area contributed by atoms with Crippen LogP contribution in [0.3, 0.4) is 0 Å². The van der Waals surface area contributed by atoms with Crippen LogP contribution in [0.4, 0.5) is 5.69 Å². The van der Waals surface area contributed by atoms with Crippen LogP contribution in [0, 0.1) is 12.3 Å². The Kier molecular flexibility index (Phi) is 7.14. The first-order valence-corrected chi connectivity index (χ1v) is 12.5. The summed E-state index contributed by atoms with van der Waals surface area (Å²) in [6.45, 7) is 5.21. The number of hydrogen-bond acceptors (Lipinski definition) is 7. The fourth-order valence-electron chi connectivity index (χ4n) is 4.60. The van der Waals surface area contributed by atoms with E-state index in [4.69, 9.17) is 25.6 Å². The van der Waals surface area contributed by atoms with Crippen LogP contribution >= 0.6 is 0 Å². The second-order valence-electron chi connectivity index (χ2n) is 9.39. The van der Waals surface area contributed by atoms with Gasteiger partial charge in [0, 0.05) is 17.8 Å². The van der Waals surface area contributed by atoms with E-state index in [1.54, 1.807) is 14.2 Å². The Morgan fingerprint density at radius 1 is 0.921 bits per heavy atom. The van der Waals surface area contributed by atoms with Crippen LogP contribution in [-0.2, 0) is 6.54 Å². The lowest BCUT2D eigenvalue weighted by Crippen LogP contribution is -2.26. The monoisotopic (exact) mass is 506 g/mol. The first kappa shape index (κ1) is 25.1. The third-order valence-corrected chi connectivity index (χ3v) is 6.61. The number of rotatable bonds is 8. The molecule has 0 radical (unpaired) electrons. The van der Waals surface area contributed by atoms with E-state index in [9.17, 15) is 0 Å². The molecule has 4 aromatic rings. The van der Waals surface area contributed by atoms with E-state index in [-0.39, 0.29) is 12.6 Å². The molecule has 7 nitrogen and oxygen atoms in total. The summed E-state index contributed by atoms with van der Waals surface area (Å²) in [5.74, 6) is 4.45. The summed E-state index contributed by atoms with van der Waals surface area (Å²) in [7, 11) is 3.10. The molecular weight excluding hydrogens is 476 g/mol. The second-order valence-corrected chi connectivity index (χ2v) is 9.39. The van der Waals surface area contributed by atoms with Gasteiger partial charge in [-0.25, -0.2) is 9.97 Å². The van der Waals surface area contributed by atoms with E-state index in [0.29, 0.717) is 24.2 Å². The van der Waals surface area contributed by atoms with Crippen LogP contribution in [-0.4, -0.2) is 37.1 Å². The molecule has 1 aliphatic rings. The largest absolute Gasteiger partial charge is 0.481 e. The lowest BCUT2D eigenvalue weighted by molar-refractivity contribution is 0.334. The second kappa shape index (κ2) is 10.8. The van der Waals surface area contributed by atoms with Crippen LogP contribution in [0.5, 0.6) is 17.5 Å². The maximum absolute atomic E-state index is 5.75. The van der Waals surface area contributed by atoms with Crippen molar-refractivity contribution in [2.45, 2.75) is 32.4 Å². The third kappa shape index (κ3) is 4.98. The highest BCUT2D eigenvalue weighted by molar-refractivity contribution is 5.85. The molecule has 0 spiro atoms. The Hall–Kier alpha value is -4.57. The molecule has 0 fully saturated rings. The van der Waals surface area contributed by atoms with E-state index < -0.39 is 0 Å². The highest BCUT2D eigenvalue weighted by atomic mass is 16.5. The zero-order valence-electron chi connectivity index (χ0n) is 22.0. The van der Waals surface area contributed by atoms with Crippen LogP contribution < -0.4 is 19.1 Å². The van der Waals surface area contributed by atoms with Crippen molar-refractivity contribution >= 4 is 23.1 Å². The molecule has 0 saturated heterocycles. The minimum atomic E-state index is -0.143. The van der Waals surface area contributed by atoms with Gasteiger partial charge in [-0.1, -0.05) is 50.1 Å². The van der Waals surface area contributed by atoms with E-state index >= 15 is 0 Å². The molecule has 1 aliphatic heterocycles. The Morgan fingerprint density at radius 2 is 1.66 bits per heavy atom. The van der Waals surface area contributed by atoms with Gasteiger partial charge in [-0.3, -0.25) is 4.99 Å². The van der Waals surface area contributed by atoms with Crippen LogP contribution in [0.15, 0.2) is 65.7 Å². The fourth-order valence-corrected chi connectivity index (χ4v) is 4.60. The molecule has 0 saturated carbocycles. The number of terminal acetylenes is 1. The highest BCUT2D eigenvalue weighted by Gasteiger charge is 2.25. The quantitative estimate of drug-likeness (QED) is 0.276. The first-order valence-electron chi connectivity index (χ1n) is 12.5. The van der Waals surface area contributed by atoms with Gasteiger partial charge in [0.05, 0.1) is 31.6 Å². The maximum Gasteiger partial charge on any atom is 0.278 e. The van der Waals surface area contributed by atoms with Gasteiger partial charge in [0.1, 0.15) is 18.4 Å². The van der Waals surface area contributed by atoms with E-state index in [2.05, 4.69) is 65.0 Å². The number of hydrogen-bond donors (Lipinski definition) is 0. The summed E-state index contributed by atoms with van der Waals surface area (Å²) < 4.78 is 16.4. The summed E-state index contributed by atoms with van der Waals surface area (Å²) in [5.41, 5.74) is 7.08. The molecule has 192 valence electrons. The Balaban J connectivity index is 1.49. The van der Waals surface area contributed by atoms with Crippen molar-refractivity contribution < 1.29 is 14.2 Å². The predicted molar refractivity (Wildman–Crippen MR) is 150 cm³/mol. The van der Waals surface area contributed by atoms with E-state index in [1.165, 1.54) is 5.56 Å². The number of aromatic nitrogens is 2. The SMILES string of the molecule is C#CCOc1ccc2c(c1)C(c1ccc(C(C)C)cc1)N=CN2Cc1ccc2nc(OC)c(OC)nc2c1. The third-order valence-electron chi connectivity index (χ3n) is 6.61. The number of ether oxygens (including phenoxy) is 3. The van der Waals surface area contributed by atoms with Crippen molar-refractivity contribution in [3.63, 3.8) is 0 Å². The van der Waals surface area contributed by atoms with Crippen LogP contribution in [0.25, 0.3) is 11.0 Å². The molecule has 1 unspecified atom stereocenters. The van der Waals surface area contributed by atoms with E-state index in [0.717, 1.165) is 39.2 Å². The minimum Gasteiger partial charge on any atom is -0.481 e. The normalized spacial score (nSPS) is 14.3. The molecule has 3 aromatic carbocycles. The molecule has 0 amide bonds. The molecule has 2 heterocycles. The number of methoxy groups -OCH3 is 2. The topological polar surface area (TPSA) is 69.1 Å². The van der Waals surface area contributed by atoms with Gasteiger partial charge in [-0.2, -0.15) is 0 Å². The number of aliphatic imine (C=N–C) groups is 1. The smallest absolute Gasteiger partial charge is 0.278 e. The Labute approximate surface area is 223 Å². The molecule has 38 heavy (non-hydrogen) atoms. The molecule has 7 heteroatoms. The zero-order chi connectivity index (χ0) is 26.6. The number of benzene rings is 3. The van der Waals surface area contributed by atoms with Gasteiger partial charge in [0.2, 0.25) is 0 Å². The standard InChI is InChI=1S/C31H30N4O3/c1-6-15-38-24-12-14-28-25(17-24)29(23-10-8-22(9-11-23)20(2)3)32-19-35(28)18-21-7-13-26-27(16-21)34-31(37-5)30(33-26)36-4/h1,7-14,16-17,19-20,29H,15,18H2,2-5H3.